The molecule has 3 N–H and O–H groups in total. The molecule has 0 radical (unpaired) electrons. The first-order valence-electron chi connectivity index (χ1n) is 7.51. The molecule has 7 heteroatoms. The van der Waals surface area contributed by atoms with Crippen LogP contribution in [-0.2, 0) is 30.3 Å². The number of carbonyl (C=O) groups is 1. The zero-order valence-corrected chi connectivity index (χ0v) is 13.0. The Labute approximate surface area is 134 Å². The Balaban J connectivity index is 1.77. The summed E-state index contributed by atoms with van der Waals surface area (Å²) < 4.78 is 22.7. The third-order valence-electron chi connectivity index (χ3n) is 3.91. The average Bonchev–Trinajstić information content (AvgIpc) is 2.80. The van der Waals surface area contributed by atoms with Crippen molar-refractivity contribution in [2.75, 3.05) is 0 Å². The van der Waals surface area contributed by atoms with E-state index in [4.69, 9.17) is 24.7 Å². The molecular weight excluding hydrogens is 302 g/mol. The van der Waals surface area contributed by atoms with E-state index < -0.39 is 42.4 Å². The smallest absolute Gasteiger partial charge is 0.249 e. The lowest BCUT2D eigenvalue weighted by atomic mass is 9.98. The van der Waals surface area contributed by atoms with Gasteiger partial charge in [-0.2, -0.15) is 0 Å². The molecule has 2 aliphatic rings. The van der Waals surface area contributed by atoms with Crippen LogP contribution in [0.2, 0.25) is 0 Å². The molecule has 1 aromatic carbocycles. The molecule has 2 aliphatic heterocycles. The number of hydrogen-bond acceptors (Lipinski definition) is 6. The summed E-state index contributed by atoms with van der Waals surface area (Å²) in [5.74, 6) is -1.66. The van der Waals surface area contributed by atoms with Crippen molar-refractivity contribution in [1.29, 1.82) is 0 Å². The molecular formula is C16H21NO6. The number of carbonyl (C=O) groups excluding carboxylic acids is 1. The number of rotatable bonds is 4. The molecule has 0 spiro atoms. The van der Waals surface area contributed by atoms with Gasteiger partial charge in [0.1, 0.15) is 18.3 Å². The Kier molecular flexibility index (Phi) is 4.39. The highest BCUT2D eigenvalue weighted by Gasteiger charge is 2.56. The number of amides is 1. The van der Waals surface area contributed by atoms with Crippen molar-refractivity contribution < 1.29 is 28.8 Å². The van der Waals surface area contributed by atoms with Crippen LogP contribution < -0.4 is 5.73 Å². The second-order valence-corrected chi connectivity index (χ2v) is 6.18. The summed E-state index contributed by atoms with van der Waals surface area (Å²) in [7, 11) is 0. The SMILES string of the molecule is CC1(C)OC2[C@H](OC(C(N)=O)[C@H](O)[C@@H]2OCc2ccccc2)O1. The number of ether oxygens (including phenoxy) is 4. The molecule has 5 atom stereocenters. The van der Waals surface area contributed by atoms with Gasteiger partial charge in [-0.1, -0.05) is 30.3 Å². The normalized spacial score (nSPS) is 35.7. The lowest BCUT2D eigenvalue weighted by Gasteiger charge is -2.38. The van der Waals surface area contributed by atoms with E-state index in [1.54, 1.807) is 13.8 Å². The molecule has 23 heavy (non-hydrogen) atoms. The Morgan fingerprint density at radius 2 is 2.00 bits per heavy atom. The maximum absolute atomic E-state index is 11.5. The van der Waals surface area contributed by atoms with Crippen molar-refractivity contribution in [3.05, 3.63) is 35.9 Å². The number of aliphatic hydroxyl groups is 1. The Morgan fingerprint density at radius 3 is 2.65 bits per heavy atom. The quantitative estimate of drug-likeness (QED) is 0.826. The molecule has 2 unspecified atom stereocenters. The standard InChI is InChI=1S/C16H21NO6/c1-16(2)22-13-11(20-8-9-6-4-3-5-7-9)10(18)12(14(17)19)21-15(13)23-16/h3-7,10-13,15,18H,8H2,1-2H3,(H2,17,19)/t10-,11+,12?,13?,15-/m1/s1. The molecule has 2 saturated heterocycles. The van der Waals surface area contributed by atoms with E-state index in [0.29, 0.717) is 0 Å². The van der Waals surface area contributed by atoms with Gasteiger partial charge in [-0.15, -0.1) is 0 Å². The molecule has 0 bridgehead atoms. The van der Waals surface area contributed by atoms with Crippen molar-refractivity contribution in [3.8, 4) is 0 Å². The predicted molar refractivity (Wildman–Crippen MR) is 78.9 cm³/mol. The van der Waals surface area contributed by atoms with Gasteiger partial charge in [0.25, 0.3) is 0 Å². The Hall–Kier alpha value is -1.51. The van der Waals surface area contributed by atoms with Crippen LogP contribution in [0.3, 0.4) is 0 Å². The van der Waals surface area contributed by atoms with E-state index >= 15 is 0 Å². The van der Waals surface area contributed by atoms with E-state index in [0.717, 1.165) is 5.56 Å². The van der Waals surface area contributed by atoms with E-state index in [1.807, 2.05) is 30.3 Å². The van der Waals surface area contributed by atoms with Crippen LogP contribution in [0, 0.1) is 0 Å². The van der Waals surface area contributed by atoms with Crippen LogP contribution in [0.15, 0.2) is 30.3 Å². The first kappa shape index (κ1) is 16.4. The summed E-state index contributed by atoms with van der Waals surface area (Å²) in [4.78, 5) is 11.5. The van der Waals surface area contributed by atoms with Crippen molar-refractivity contribution in [2.45, 2.75) is 56.9 Å². The van der Waals surface area contributed by atoms with Crippen molar-refractivity contribution in [3.63, 3.8) is 0 Å². The second kappa shape index (κ2) is 6.18. The summed E-state index contributed by atoms with van der Waals surface area (Å²) >= 11 is 0. The fourth-order valence-electron chi connectivity index (χ4n) is 2.87. The van der Waals surface area contributed by atoms with Gasteiger partial charge >= 0.3 is 0 Å². The van der Waals surface area contributed by atoms with Gasteiger partial charge in [0.15, 0.2) is 18.2 Å². The average molecular weight is 323 g/mol. The number of benzene rings is 1. The summed E-state index contributed by atoms with van der Waals surface area (Å²) in [6, 6.07) is 9.51. The third-order valence-corrected chi connectivity index (χ3v) is 3.91. The van der Waals surface area contributed by atoms with Crippen molar-refractivity contribution >= 4 is 5.91 Å². The van der Waals surface area contributed by atoms with Gasteiger partial charge in [-0.3, -0.25) is 4.79 Å². The largest absolute Gasteiger partial charge is 0.387 e. The maximum atomic E-state index is 11.5. The van der Waals surface area contributed by atoms with E-state index in [-0.39, 0.29) is 6.61 Å². The highest BCUT2D eigenvalue weighted by atomic mass is 16.8. The molecule has 2 fully saturated rings. The van der Waals surface area contributed by atoms with Crippen LogP contribution >= 0.6 is 0 Å². The zero-order chi connectivity index (χ0) is 16.6. The number of primary amides is 1. The minimum absolute atomic E-state index is 0.265. The second-order valence-electron chi connectivity index (χ2n) is 6.18. The molecule has 2 heterocycles. The van der Waals surface area contributed by atoms with Crippen molar-refractivity contribution in [2.24, 2.45) is 5.73 Å². The summed E-state index contributed by atoms with van der Waals surface area (Å²) in [5, 5.41) is 10.4. The molecule has 0 saturated carbocycles. The number of aliphatic hydroxyl groups excluding tert-OH is 1. The van der Waals surface area contributed by atoms with Crippen LogP contribution in [0.4, 0.5) is 0 Å². The maximum Gasteiger partial charge on any atom is 0.249 e. The van der Waals surface area contributed by atoms with Gasteiger partial charge < -0.3 is 29.8 Å². The van der Waals surface area contributed by atoms with Crippen LogP contribution in [0.5, 0.6) is 0 Å². The topological polar surface area (TPSA) is 100 Å². The zero-order valence-electron chi connectivity index (χ0n) is 13.0. The van der Waals surface area contributed by atoms with Gasteiger partial charge in [0, 0.05) is 0 Å². The Morgan fingerprint density at radius 1 is 1.30 bits per heavy atom. The van der Waals surface area contributed by atoms with Gasteiger partial charge in [0.2, 0.25) is 5.91 Å². The van der Waals surface area contributed by atoms with Crippen molar-refractivity contribution in [1.82, 2.24) is 0 Å². The molecule has 126 valence electrons. The third kappa shape index (κ3) is 3.39. The Bertz CT molecular complexity index is 563. The molecule has 7 nitrogen and oxygen atoms in total. The fourth-order valence-corrected chi connectivity index (χ4v) is 2.87. The monoisotopic (exact) mass is 323 g/mol. The molecule has 1 aromatic rings. The van der Waals surface area contributed by atoms with Crippen LogP contribution in [-0.4, -0.2) is 47.5 Å². The summed E-state index contributed by atoms with van der Waals surface area (Å²) in [6.07, 6.45) is -4.66. The lowest BCUT2D eigenvalue weighted by Crippen LogP contribution is -2.60. The molecule has 3 rings (SSSR count). The minimum atomic E-state index is -1.23. The van der Waals surface area contributed by atoms with Gasteiger partial charge in [0.05, 0.1) is 6.61 Å². The predicted octanol–water partition coefficient (Wildman–Crippen LogP) is 0.294. The lowest BCUT2D eigenvalue weighted by molar-refractivity contribution is -0.254. The number of fused-ring (bicyclic) bond motifs is 1. The van der Waals surface area contributed by atoms with Crippen LogP contribution in [0.25, 0.3) is 0 Å². The first-order valence-corrected chi connectivity index (χ1v) is 7.51. The van der Waals surface area contributed by atoms with Gasteiger partial charge in [-0.05, 0) is 19.4 Å². The van der Waals surface area contributed by atoms with E-state index in [1.165, 1.54) is 0 Å². The molecule has 1 amide bonds. The van der Waals surface area contributed by atoms with E-state index in [2.05, 4.69) is 0 Å². The first-order chi connectivity index (χ1) is 10.9. The summed E-state index contributed by atoms with van der Waals surface area (Å²) in [6.45, 7) is 3.73. The minimum Gasteiger partial charge on any atom is -0.387 e. The van der Waals surface area contributed by atoms with Gasteiger partial charge in [-0.25, -0.2) is 0 Å². The highest BCUT2D eigenvalue weighted by molar-refractivity contribution is 5.79. The molecule has 0 aromatic heterocycles. The highest BCUT2D eigenvalue weighted by Crippen LogP contribution is 2.37. The number of hydrogen-bond donors (Lipinski definition) is 2. The summed E-state index contributed by atoms with van der Waals surface area (Å²) in [5.41, 5.74) is 6.24. The number of nitrogens with two attached hydrogens (primary N) is 1. The van der Waals surface area contributed by atoms with E-state index in [9.17, 15) is 9.90 Å². The molecule has 0 aliphatic carbocycles. The van der Waals surface area contributed by atoms with Crippen LogP contribution in [0.1, 0.15) is 19.4 Å². The fraction of sp³-hybridized carbons (Fsp3) is 0.562.